The largest absolute Gasteiger partial charge is 0.465 e. The Morgan fingerprint density at radius 1 is 1.05 bits per heavy atom. The molecule has 2 fully saturated rings. The van der Waals surface area contributed by atoms with E-state index >= 15 is 0 Å². The normalized spacial score (nSPS) is 17.7. The molecule has 1 amide bonds. The first-order valence-electron chi connectivity index (χ1n) is 13.4. The molecular weight excluding hydrogens is 536 g/mol. The van der Waals surface area contributed by atoms with Crippen molar-refractivity contribution in [3.63, 3.8) is 0 Å². The van der Waals surface area contributed by atoms with Gasteiger partial charge in [-0.3, -0.25) is 9.69 Å². The average molecular weight is 567 g/mol. The number of nitrogens with zero attached hydrogens (tertiary/aromatic N) is 4. The third-order valence-corrected chi connectivity index (χ3v) is 8.32. The molecule has 4 aromatic rings. The van der Waals surface area contributed by atoms with Crippen molar-refractivity contribution in [2.75, 3.05) is 45.4 Å². The molecule has 2 aliphatic heterocycles. The molecule has 6 rings (SSSR count). The van der Waals surface area contributed by atoms with Crippen LogP contribution in [0.3, 0.4) is 0 Å². The van der Waals surface area contributed by atoms with Crippen molar-refractivity contribution >= 4 is 57.2 Å². The number of thioether (sulfide) groups is 1. The number of aromatic nitrogens is 1. The van der Waals surface area contributed by atoms with Crippen molar-refractivity contribution in [3.8, 4) is 0 Å². The van der Waals surface area contributed by atoms with Gasteiger partial charge in [0, 0.05) is 55.0 Å². The monoisotopic (exact) mass is 566 g/mol. The Labute approximate surface area is 242 Å². The number of fused-ring (bicyclic) bond motifs is 1. The third kappa shape index (κ3) is 5.64. The van der Waals surface area contributed by atoms with E-state index in [9.17, 15) is 9.59 Å². The maximum atomic E-state index is 13.2. The molecule has 8 nitrogen and oxygen atoms in total. The van der Waals surface area contributed by atoms with Crippen LogP contribution in [0.1, 0.15) is 21.5 Å². The number of methoxy groups -OCH3 is 1. The minimum Gasteiger partial charge on any atom is -0.465 e. The first-order chi connectivity index (χ1) is 20.0. The maximum absolute atomic E-state index is 13.2. The standard InChI is InChI=1S/C32H30N4O4S/c1-34-30(37)29(41-32(34)33-25-10-12-26(13-11-25)35-14-16-40-17-15-35)19-24-21-36(28-9-4-3-8-27(24)28)20-22-6-5-7-23(18-22)31(38)39-2/h3-13,18-19,21H,14-17,20H2,1-2H3/b29-19-,33-32?. The zero-order chi connectivity index (χ0) is 28.3. The number of hydrogen-bond acceptors (Lipinski definition) is 7. The molecule has 9 heteroatoms. The molecule has 3 aromatic carbocycles. The molecule has 3 heterocycles. The number of carbonyl (C=O) groups excluding carboxylic acids is 2. The number of esters is 1. The summed E-state index contributed by atoms with van der Waals surface area (Å²) in [4.78, 5) is 34.5. The van der Waals surface area contributed by atoms with Crippen LogP contribution in [-0.4, -0.2) is 67.0 Å². The van der Waals surface area contributed by atoms with Gasteiger partial charge >= 0.3 is 5.97 Å². The first kappa shape index (κ1) is 26.9. The molecule has 0 N–H and O–H groups in total. The van der Waals surface area contributed by atoms with Crippen molar-refractivity contribution in [1.29, 1.82) is 0 Å². The summed E-state index contributed by atoms with van der Waals surface area (Å²) in [6.45, 7) is 3.81. The maximum Gasteiger partial charge on any atom is 0.337 e. The van der Waals surface area contributed by atoms with Gasteiger partial charge in [0.25, 0.3) is 5.91 Å². The quantitative estimate of drug-likeness (QED) is 0.225. The highest BCUT2D eigenvalue weighted by atomic mass is 32.2. The van der Waals surface area contributed by atoms with Crippen LogP contribution in [0.4, 0.5) is 11.4 Å². The number of likely N-dealkylation sites (N-methyl/N-ethyl adjacent to an activating group) is 1. The van der Waals surface area contributed by atoms with Crippen LogP contribution < -0.4 is 4.90 Å². The van der Waals surface area contributed by atoms with Crippen LogP contribution in [0, 0.1) is 0 Å². The molecule has 0 spiro atoms. The molecule has 0 atom stereocenters. The molecule has 208 valence electrons. The van der Waals surface area contributed by atoms with Gasteiger partial charge in [-0.15, -0.1) is 0 Å². The van der Waals surface area contributed by atoms with Crippen molar-refractivity contribution in [2.24, 2.45) is 4.99 Å². The highest BCUT2D eigenvalue weighted by Crippen LogP contribution is 2.35. The summed E-state index contributed by atoms with van der Waals surface area (Å²) >= 11 is 1.38. The number of anilines is 1. The molecule has 1 aromatic heterocycles. The lowest BCUT2D eigenvalue weighted by molar-refractivity contribution is -0.121. The first-order valence-corrected chi connectivity index (χ1v) is 14.3. The van der Waals surface area contributed by atoms with Crippen LogP contribution in [0.2, 0.25) is 0 Å². The van der Waals surface area contributed by atoms with E-state index in [1.165, 1.54) is 18.9 Å². The number of amidine groups is 1. The summed E-state index contributed by atoms with van der Waals surface area (Å²) in [6, 6.07) is 23.7. The lowest BCUT2D eigenvalue weighted by Gasteiger charge is -2.28. The molecular formula is C32H30N4O4S. The lowest BCUT2D eigenvalue weighted by atomic mass is 10.1. The Balaban J connectivity index is 1.25. The SMILES string of the molecule is COC(=O)c1cccc(Cn2cc(/C=C3\SC(=Nc4ccc(N5CCOCC5)cc4)N(C)C3=O)c3ccccc32)c1. The van der Waals surface area contributed by atoms with Gasteiger partial charge in [-0.25, -0.2) is 9.79 Å². The molecule has 2 aliphatic rings. The molecule has 0 radical (unpaired) electrons. The van der Waals surface area contributed by atoms with Gasteiger partial charge in [0.05, 0.1) is 36.5 Å². The van der Waals surface area contributed by atoms with Crippen LogP contribution >= 0.6 is 11.8 Å². The second-order valence-corrected chi connectivity index (χ2v) is 10.9. The van der Waals surface area contributed by atoms with E-state index in [4.69, 9.17) is 14.5 Å². The van der Waals surface area contributed by atoms with E-state index in [1.54, 1.807) is 18.0 Å². The molecule has 2 saturated heterocycles. The van der Waals surface area contributed by atoms with E-state index in [0.29, 0.717) is 22.2 Å². The Hall–Kier alpha value is -4.34. The summed E-state index contributed by atoms with van der Waals surface area (Å²) in [5.74, 6) is -0.442. The zero-order valence-corrected chi connectivity index (χ0v) is 23.8. The van der Waals surface area contributed by atoms with E-state index in [-0.39, 0.29) is 11.9 Å². The number of aliphatic imine (C=N–C) groups is 1. The van der Waals surface area contributed by atoms with Crippen molar-refractivity contribution in [2.45, 2.75) is 6.54 Å². The van der Waals surface area contributed by atoms with Gasteiger partial charge in [-0.1, -0.05) is 30.3 Å². The minimum atomic E-state index is -0.360. The van der Waals surface area contributed by atoms with E-state index in [1.807, 2.05) is 48.5 Å². The van der Waals surface area contributed by atoms with E-state index in [0.717, 1.165) is 59.7 Å². The predicted molar refractivity (Wildman–Crippen MR) is 164 cm³/mol. The van der Waals surface area contributed by atoms with Crippen LogP contribution in [-0.2, 0) is 20.8 Å². The smallest absolute Gasteiger partial charge is 0.337 e. The molecule has 0 bridgehead atoms. The molecule has 41 heavy (non-hydrogen) atoms. The fourth-order valence-electron chi connectivity index (χ4n) is 5.10. The topological polar surface area (TPSA) is 76.4 Å². The second kappa shape index (κ2) is 11.6. The number of morpholine rings is 1. The summed E-state index contributed by atoms with van der Waals surface area (Å²) in [7, 11) is 3.14. The van der Waals surface area contributed by atoms with Gasteiger partial charge in [-0.2, -0.15) is 0 Å². The minimum absolute atomic E-state index is 0.0821. The van der Waals surface area contributed by atoms with Crippen LogP contribution in [0.15, 0.2) is 88.9 Å². The Morgan fingerprint density at radius 2 is 1.83 bits per heavy atom. The number of para-hydroxylation sites is 1. The number of rotatable bonds is 6. The van der Waals surface area contributed by atoms with Gasteiger partial charge < -0.3 is 18.9 Å². The Kier molecular flexibility index (Phi) is 7.63. The van der Waals surface area contributed by atoms with E-state index < -0.39 is 0 Å². The van der Waals surface area contributed by atoms with Gasteiger partial charge in [0.15, 0.2) is 5.17 Å². The van der Waals surface area contributed by atoms with Crippen molar-refractivity contribution in [1.82, 2.24) is 9.47 Å². The number of benzene rings is 3. The van der Waals surface area contributed by atoms with Gasteiger partial charge in [0.1, 0.15) is 0 Å². The lowest BCUT2D eigenvalue weighted by Crippen LogP contribution is -2.36. The van der Waals surface area contributed by atoms with Gasteiger partial charge in [-0.05, 0) is 65.9 Å². The number of carbonyl (C=O) groups is 2. The molecule has 0 aliphatic carbocycles. The molecule has 0 unspecified atom stereocenters. The Bertz CT molecular complexity index is 1670. The summed E-state index contributed by atoms with van der Waals surface area (Å²) in [5.41, 5.74) is 5.44. The average Bonchev–Trinajstić information content (AvgIpc) is 3.49. The third-order valence-electron chi connectivity index (χ3n) is 7.26. The Morgan fingerprint density at radius 3 is 2.61 bits per heavy atom. The summed E-state index contributed by atoms with van der Waals surface area (Å²) in [5, 5.41) is 1.69. The highest BCUT2D eigenvalue weighted by Gasteiger charge is 2.30. The van der Waals surface area contributed by atoms with Gasteiger partial charge in [0.2, 0.25) is 0 Å². The van der Waals surface area contributed by atoms with Crippen molar-refractivity contribution in [3.05, 3.63) is 101 Å². The number of amides is 1. The van der Waals surface area contributed by atoms with Crippen molar-refractivity contribution < 1.29 is 19.1 Å². The second-order valence-electron chi connectivity index (χ2n) is 9.91. The highest BCUT2D eigenvalue weighted by molar-refractivity contribution is 8.18. The number of ether oxygens (including phenoxy) is 2. The van der Waals surface area contributed by atoms with Crippen LogP contribution in [0.5, 0.6) is 0 Å². The molecule has 0 saturated carbocycles. The number of hydrogen-bond donors (Lipinski definition) is 0. The van der Waals surface area contributed by atoms with Crippen LogP contribution in [0.25, 0.3) is 17.0 Å². The summed E-state index contributed by atoms with van der Waals surface area (Å²) in [6.07, 6.45) is 3.99. The van der Waals surface area contributed by atoms with E-state index in [2.05, 4.69) is 39.9 Å². The fraction of sp³-hybridized carbons (Fsp3) is 0.219. The predicted octanol–water partition coefficient (Wildman–Crippen LogP) is 5.55. The summed E-state index contributed by atoms with van der Waals surface area (Å²) < 4.78 is 12.5. The zero-order valence-electron chi connectivity index (χ0n) is 22.9. The fourth-order valence-corrected chi connectivity index (χ4v) is 6.07.